The molecule has 276 valence electrons. The Morgan fingerprint density at radius 1 is 0.765 bits per heavy atom. The molecule has 1 atom stereocenters. The van der Waals surface area contributed by atoms with E-state index >= 15 is 8.78 Å². The molecule has 0 radical (unpaired) electrons. The van der Waals surface area contributed by atoms with Crippen molar-refractivity contribution in [1.82, 2.24) is 14.9 Å². The summed E-state index contributed by atoms with van der Waals surface area (Å²) in [6.45, 7) is 5.83. The maximum absolute atomic E-state index is 16.5. The molecule has 11 heteroatoms. The summed E-state index contributed by atoms with van der Waals surface area (Å²) < 4.78 is 53.6. The molecule has 1 heterocycles. The topological polar surface area (TPSA) is 89.1 Å². The van der Waals surface area contributed by atoms with Crippen molar-refractivity contribution in [2.24, 2.45) is 0 Å². The highest BCUT2D eigenvalue weighted by molar-refractivity contribution is 7.97. The highest BCUT2D eigenvalue weighted by atomic mass is 32.2. The summed E-state index contributed by atoms with van der Waals surface area (Å²) in [5, 5.41) is 4.79. The number of alkyl halides is 2. The molecule has 3 aromatic carbocycles. The van der Waals surface area contributed by atoms with Gasteiger partial charge < -0.3 is 24.4 Å². The molecule has 1 saturated heterocycles. The minimum atomic E-state index is -3.54. The first-order valence-electron chi connectivity index (χ1n) is 18.5. The molecule has 51 heavy (non-hydrogen) atoms. The molecule has 2 aliphatic carbocycles. The zero-order chi connectivity index (χ0) is 36.0. The van der Waals surface area contributed by atoms with Gasteiger partial charge >= 0.3 is 6.09 Å². The molecule has 0 aromatic heterocycles. The largest absolute Gasteiger partial charge is 0.490 e. The minimum Gasteiger partial charge on any atom is -0.490 e. The number of hydrogen-bond donors (Lipinski definition) is 2. The lowest BCUT2D eigenvalue weighted by Crippen LogP contribution is -2.56. The maximum atomic E-state index is 16.5. The normalized spacial score (nSPS) is 18.8. The maximum Gasteiger partial charge on any atom is 0.407 e. The van der Waals surface area contributed by atoms with Crippen molar-refractivity contribution in [3.8, 4) is 11.5 Å². The lowest BCUT2D eigenvalue weighted by atomic mass is 9.97. The zero-order valence-electron chi connectivity index (χ0n) is 29.9. The third-order valence-corrected chi connectivity index (χ3v) is 10.8. The fourth-order valence-corrected chi connectivity index (χ4v) is 7.97. The van der Waals surface area contributed by atoms with Crippen LogP contribution in [0.5, 0.6) is 11.5 Å². The SMILES string of the molecule is CC(C)(C)OC(=O)NC1CCN(C(=O)C(NSc2ccc3cc(OC4CCCC4)ccc3c2)C(F)(F)c2ccc(OC3CCCCC3)cc2)CC1. The van der Waals surface area contributed by atoms with Crippen LogP contribution in [-0.2, 0) is 15.5 Å². The third kappa shape index (κ3) is 10.1. The summed E-state index contributed by atoms with van der Waals surface area (Å²) in [5.74, 6) is -2.85. The van der Waals surface area contributed by atoms with Crippen molar-refractivity contribution >= 4 is 34.7 Å². The minimum absolute atomic E-state index is 0.0959. The van der Waals surface area contributed by atoms with Crippen LogP contribution >= 0.6 is 11.9 Å². The van der Waals surface area contributed by atoms with Crippen LogP contribution in [0.25, 0.3) is 10.8 Å². The average Bonchev–Trinajstić information content (AvgIpc) is 3.61. The predicted octanol–water partition coefficient (Wildman–Crippen LogP) is 9.15. The van der Waals surface area contributed by atoms with E-state index in [0.29, 0.717) is 23.5 Å². The van der Waals surface area contributed by atoms with Gasteiger partial charge in [-0.05, 0) is 156 Å². The molecule has 6 rings (SSSR count). The number of ether oxygens (including phenoxy) is 3. The number of amides is 2. The number of likely N-dealkylation sites (tertiary alicyclic amines) is 1. The summed E-state index contributed by atoms with van der Waals surface area (Å²) in [6, 6.07) is 15.5. The molecule has 2 saturated carbocycles. The third-order valence-electron chi connectivity index (χ3n) is 9.91. The Hall–Kier alpha value is -3.57. The standard InChI is InChI=1S/C40H51F2N3O5S/c1-39(2,3)50-38(47)43-30-21-23-45(24-22-30)37(46)36(40(41,42)29-15-18-33(19-16-29)48-31-9-5-4-6-10-31)44-51-35-20-14-27-25-34(17-13-28(27)26-35)49-32-11-7-8-12-32/h13-20,25-26,30-32,36,44H,4-12,21-24H2,1-3H3,(H,43,47). The van der Waals surface area contributed by atoms with Crippen LogP contribution < -0.4 is 19.5 Å². The Morgan fingerprint density at radius 3 is 1.98 bits per heavy atom. The summed E-state index contributed by atoms with van der Waals surface area (Å²) >= 11 is 1.02. The summed E-state index contributed by atoms with van der Waals surface area (Å²) in [5.41, 5.74) is -0.903. The first kappa shape index (κ1) is 37.2. The van der Waals surface area contributed by atoms with Gasteiger partial charge in [-0.3, -0.25) is 4.79 Å². The van der Waals surface area contributed by atoms with Crippen LogP contribution in [0.15, 0.2) is 65.6 Å². The number of carbonyl (C=O) groups is 2. The van der Waals surface area contributed by atoms with E-state index in [2.05, 4.69) is 10.0 Å². The summed E-state index contributed by atoms with van der Waals surface area (Å²) in [4.78, 5) is 28.5. The van der Waals surface area contributed by atoms with Gasteiger partial charge in [0.25, 0.3) is 5.92 Å². The van der Waals surface area contributed by atoms with Crippen LogP contribution in [0.3, 0.4) is 0 Å². The van der Waals surface area contributed by atoms with Crippen molar-refractivity contribution < 1.29 is 32.6 Å². The molecule has 8 nitrogen and oxygen atoms in total. The van der Waals surface area contributed by atoms with E-state index in [1.54, 1.807) is 32.9 Å². The lowest BCUT2D eigenvalue weighted by Gasteiger charge is -2.36. The van der Waals surface area contributed by atoms with Crippen LogP contribution in [0.2, 0.25) is 0 Å². The van der Waals surface area contributed by atoms with Gasteiger partial charge in [-0.25, -0.2) is 9.52 Å². The predicted molar refractivity (Wildman–Crippen MR) is 196 cm³/mol. The van der Waals surface area contributed by atoms with Crippen molar-refractivity contribution in [2.45, 2.75) is 132 Å². The molecule has 0 spiro atoms. The molecular weight excluding hydrogens is 673 g/mol. The molecular formula is C40H51F2N3O5S. The van der Waals surface area contributed by atoms with E-state index in [0.717, 1.165) is 67.0 Å². The second-order valence-electron chi connectivity index (χ2n) is 15.1. The van der Waals surface area contributed by atoms with Crippen LogP contribution in [0.1, 0.15) is 97.0 Å². The first-order chi connectivity index (χ1) is 24.4. The van der Waals surface area contributed by atoms with Gasteiger partial charge in [0.2, 0.25) is 5.91 Å². The Morgan fingerprint density at radius 2 is 1.33 bits per heavy atom. The number of hydrogen-bond acceptors (Lipinski definition) is 7. The monoisotopic (exact) mass is 723 g/mol. The van der Waals surface area contributed by atoms with Gasteiger partial charge in [-0.2, -0.15) is 8.78 Å². The molecule has 1 unspecified atom stereocenters. The highest BCUT2D eigenvalue weighted by Crippen LogP contribution is 2.37. The van der Waals surface area contributed by atoms with Gasteiger partial charge in [-0.15, -0.1) is 0 Å². The van der Waals surface area contributed by atoms with Crippen molar-refractivity contribution in [2.75, 3.05) is 13.1 Å². The van der Waals surface area contributed by atoms with Gasteiger partial charge in [0, 0.05) is 29.6 Å². The number of nitrogens with one attached hydrogen (secondary N) is 2. The fourth-order valence-electron chi connectivity index (χ4n) is 7.14. The van der Waals surface area contributed by atoms with Gasteiger partial charge in [0.05, 0.1) is 12.2 Å². The van der Waals surface area contributed by atoms with Crippen molar-refractivity contribution in [3.05, 3.63) is 66.2 Å². The van der Waals surface area contributed by atoms with Crippen LogP contribution in [0.4, 0.5) is 13.6 Å². The number of rotatable bonds is 11. The average molecular weight is 724 g/mol. The number of halogens is 2. The van der Waals surface area contributed by atoms with E-state index in [1.807, 2.05) is 36.4 Å². The number of fused-ring (bicyclic) bond motifs is 1. The van der Waals surface area contributed by atoms with E-state index in [9.17, 15) is 9.59 Å². The van der Waals surface area contributed by atoms with Gasteiger partial charge in [0.1, 0.15) is 17.1 Å². The summed E-state index contributed by atoms with van der Waals surface area (Å²) in [7, 11) is 0. The van der Waals surface area contributed by atoms with E-state index < -0.39 is 29.6 Å². The van der Waals surface area contributed by atoms with Gasteiger partial charge in [-0.1, -0.05) is 18.6 Å². The Bertz CT molecular complexity index is 1630. The lowest BCUT2D eigenvalue weighted by molar-refractivity contribution is -0.145. The van der Waals surface area contributed by atoms with Crippen molar-refractivity contribution in [1.29, 1.82) is 0 Å². The zero-order valence-corrected chi connectivity index (χ0v) is 30.7. The molecule has 3 aromatic rings. The fraction of sp³-hybridized carbons (Fsp3) is 0.550. The van der Waals surface area contributed by atoms with E-state index in [1.165, 1.54) is 36.3 Å². The smallest absolute Gasteiger partial charge is 0.407 e. The van der Waals surface area contributed by atoms with Crippen LogP contribution in [0, 0.1) is 0 Å². The molecule has 0 bridgehead atoms. The Kier molecular flexibility index (Phi) is 12.0. The second kappa shape index (κ2) is 16.4. The summed E-state index contributed by atoms with van der Waals surface area (Å²) in [6.07, 6.45) is 10.5. The highest BCUT2D eigenvalue weighted by Gasteiger charge is 2.48. The Labute approximate surface area is 304 Å². The number of alkyl carbamates (subject to hydrolysis) is 1. The Balaban J connectivity index is 1.16. The number of nitrogens with zero attached hydrogens (tertiary/aromatic N) is 1. The van der Waals surface area contributed by atoms with Crippen LogP contribution in [-0.4, -0.2) is 59.9 Å². The number of piperidine rings is 1. The molecule has 2 N–H and O–H groups in total. The molecule has 1 aliphatic heterocycles. The van der Waals surface area contributed by atoms with Gasteiger partial charge in [0.15, 0.2) is 6.04 Å². The molecule has 3 aliphatic rings. The number of benzene rings is 3. The van der Waals surface area contributed by atoms with Crippen molar-refractivity contribution in [3.63, 3.8) is 0 Å². The van der Waals surface area contributed by atoms with E-state index in [-0.39, 0.29) is 36.9 Å². The molecule has 3 fully saturated rings. The quantitative estimate of drug-likeness (QED) is 0.191. The molecule has 2 amide bonds. The van der Waals surface area contributed by atoms with E-state index in [4.69, 9.17) is 14.2 Å². The first-order valence-corrected chi connectivity index (χ1v) is 19.3. The number of carbonyl (C=O) groups excluding carboxylic acids is 2. The second-order valence-corrected chi connectivity index (χ2v) is 16.0.